The number of nitrogens with zero attached hydrogens (tertiary/aromatic N) is 4. The molecule has 14 N–H and O–H groups in total. The lowest BCUT2D eigenvalue weighted by Crippen LogP contribution is -2.27. The Morgan fingerprint density at radius 1 is 0.417 bits per heavy atom. The van der Waals surface area contributed by atoms with Crippen LogP contribution in [0.3, 0.4) is 0 Å². The highest BCUT2D eigenvalue weighted by Crippen LogP contribution is 2.14. The van der Waals surface area contributed by atoms with E-state index < -0.39 is 110 Å². The number of nitrogens with two attached hydrogens (primary N) is 4. The van der Waals surface area contributed by atoms with E-state index in [1.165, 1.54) is 18.3 Å². The summed E-state index contributed by atoms with van der Waals surface area (Å²) in [7, 11) is 0. The molecular weight excluding hydrogens is 656 g/mol. The van der Waals surface area contributed by atoms with Crippen molar-refractivity contribution in [1.82, 2.24) is 19.9 Å². The van der Waals surface area contributed by atoms with Gasteiger partial charge < -0.3 is 53.6 Å². The molecule has 0 atom stereocenters. The first-order valence-electron chi connectivity index (χ1n) is 11.6. The Hall–Kier alpha value is -7.92. The lowest BCUT2D eigenvalue weighted by atomic mass is 10.1. The molecule has 4 amide bonds. The summed E-state index contributed by atoms with van der Waals surface area (Å²) < 4.78 is 0. The van der Waals surface area contributed by atoms with Crippen LogP contribution in [-0.2, 0) is 0 Å². The number of rotatable bonds is 10. The molecule has 0 unspecified atom stereocenters. The van der Waals surface area contributed by atoms with E-state index in [4.69, 9.17) is 53.6 Å². The van der Waals surface area contributed by atoms with E-state index >= 15 is 0 Å². The van der Waals surface area contributed by atoms with Crippen molar-refractivity contribution in [3.63, 3.8) is 0 Å². The first-order valence-corrected chi connectivity index (χ1v) is 11.6. The molecule has 0 aliphatic heterocycles. The molecule has 250 valence electrons. The fraction of sp³-hybridized carbons (Fsp3) is 0. The van der Waals surface area contributed by atoms with Gasteiger partial charge in [-0.15, -0.1) is 0 Å². The van der Waals surface area contributed by atoms with Gasteiger partial charge in [-0.05, 0) is 18.2 Å². The van der Waals surface area contributed by atoms with E-state index in [1.54, 1.807) is 0 Å². The minimum atomic E-state index is -1.71. The van der Waals surface area contributed by atoms with Crippen LogP contribution in [0.25, 0.3) is 0 Å². The number of primary amides is 4. The van der Waals surface area contributed by atoms with Crippen LogP contribution in [-0.4, -0.2) is 110 Å². The number of hydrogen-bond acceptors (Lipinski definition) is 14. The van der Waals surface area contributed by atoms with Crippen LogP contribution in [0.4, 0.5) is 0 Å². The smallest absolute Gasteiger partial charge is 0.357 e. The van der Waals surface area contributed by atoms with E-state index in [9.17, 15) is 47.9 Å². The second-order valence-corrected chi connectivity index (χ2v) is 8.09. The first-order chi connectivity index (χ1) is 22.1. The molecular formula is C24H18N8O16. The maximum Gasteiger partial charge on any atom is 0.357 e. The molecule has 3 heterocycles. The maximum absolute atomic E-state index is 11.0. The minimum Gasteiger partial charge on any atom is -0.478 e. The summed E-state index contributed by atoms with van der Waals surface area (Å²) in [4.78, 5) is 121. The fourth-order valence-electron chi connectivity index (χ4n) is 3.04. The van der Waals surface area contributed by atoms with Gasteiger partial charge in [0.05, 0.1) is 16.7 Å². The van der Waals surface area contributed by atoms with E-state index in [0.717, 1.165) is 0 Å². The van der Waals surface area contributed by atoms with Gasteiger partial charge in [0.15, 0.2) is 28.5 Å². The van der Waals surface area contributed by atoms with Crippen molar-refractivity contribution < 1.29 is 78.6 Å². The van der Waals surface area contributed by atoms with Gasteiger partial charge in [-0.25, -0.2) is 48.7 Å². The van der Waals surface area contributed by atoms with Crippen molar-refractivity contribution in [2.45, 2.75) is 0 Å². The van der Waals surface area contributed by atoms with Crippen molar-refractivity contribution in [3.8, 4) is 0 Å². The molecule has 0 aromatic carbocycles. The molecule has 3 aromatic heterocycles. The second-order valence-electron chi connectivity index (χ2n) is 8.09. The Morgan fingerprint density at radius 3 is 1.00 bits per heavy atom. The maximum atomic E-state index is 11.0. The summed E-state index contributed by atoms with van der Waals surface area (Å²) in [6.07, 6.45) is 1.23. The van der Waals surface area contributed by atoms with Gasteiger partial charge in [0.25, 0.3) is 23.6 Å². The zero-order valence-electron chi connectivity index (χ0n) is 23.2. The average Bonchev–Trinajstić information content (AvgIpc) is 2.99. The Balaban J connectivity index is 0.000000368. The standard InChI is InChI=1S/C9H7N3O6.C8H6N4O6.C7H5NO4/c10-6(13)4-2(8(15)16)1-3(9(17)18)5(12-4)7(11)14;9-5(13)1-3(7(15)16)12-4(8(17)18)2(11-1)6(10)14;9-6(10)4-2-1-3-8-5(4)7(11)12/h1H,(H2,10,13)(H2,11,14)(H,15,16)(H,17,18);(H2,9,13)(H2,10,14)(H,15,16)(H,17,18);1-3H,(H,9,10)(H,11,12). The third-order valence-electron chi connectivity index (χ3n) is 4.96. The number of hydrogen-bond donors (Lipinski definition) is 10. The van der Waals surface area contributed by atoms with Crippen molar-refractivity contribution in [1.29, 1.82) is 0 Å². The van der Waals surface area contributed by atoms with Crippen molar-refractivity contribution in [2.24, 2.45) is 22.9 Å². The quantitative estimate of drug-likeness (QED) is 0.104. The molecule has 0 fully saturated rings. The zero-order chi connectivity index (χ0) is 37.2. The van der Waals surface area contributed by atoms with Crippen molar-refractivity contribution in [3.05, 3.63) is 80.9 Å². The van der Waals surface area contributed by atoms with Crippen LogP contribution in [0.2, 0.25) is 0 Å². The molecule has 24 nitrogen and oxygen atoms in total. The SMILES string of the molecule is NC(=O)c1nc(C(N)=O)c(C(=O)O)cc1C(=O)O.NC(=O)c1nc(C(N)=O)c(C(=O)O)nc1C(=O)O.O=C(O)c1cccnc1C(=O)O. The molecule has 0 saturated carbocycles. The summed E-state index contributed by atoms with van der Waals surface area (Å²) >= 11 is 0. The lowest BCUT2D eigenvalue weighted by Gasteiger charge is -2.06. The number of amides is 4. The molecule has 0 bridgehead atoms. The summed E-state index contributed by atoms with van der Waals surface area (Å²) in [5.41, 5.74) is 12.2. The predicted molar refractivity (Wildman–Crippen MR) is 146 cm³/mol. The van der Waals surface area contributed by atoms with Gasteiger partial charge in [-0.2, -0.15) is 0 Å². The predicted octanol–water partition coefficient (Wildman–Crippen LogP) is -2.78. The highest BCUT2D eigenvalue weighted by atomic mass is 16.4. The van der Waals surface area contributed by atoms with Gasteiger partial charge in [0.2, 0.25) is 0 Å². The van der Waals surface area contributed by atoms with Crippen molar-refractivity contribution in [2.75, 3.05) is 0 Å². The molecule has 0 aliphatic rings. The summed E-state index contributed by atoms with van der Waals surface area (Å²) in [6, 6.07) is 3.17. The highest BCUT2D eigenvalue weighted by molar-refractivity contribution is 6.09. The third-order valence-corrected chi connectivity index (χ3v) is 4.96. The molecule has 0 radical (unpaired) electrons. The van der Waals surface area contributed by atoms with Gasteiger partial charge in [0, 0.05) is 6.20 Å². The van der Waals surface area contributed by atoms with Crippen LogP contribution < -0.4 is 22.9 Å². The number of aromatic carboxylic acids is 6. The van der Waals surface area contributed by atoms with Gasteiger partial charge >= 0.3 is 35.8 Å². The summed E-state index contributed by atoms with van der Waals surface area (Å²) in [6.45, 7) is 0. The Labute approximate surface area is 262 Å². The fourth-order valence-corrected chi connectivity index (χ4v) is 3.04. The Morgan fingerprint density at radius 2 is 0.729 bits per heavy atom. The number of pyridine rings is 2. The molecule has 48 heavy (non-hydrogen) atoms. The molecule has 0 aliphatic carbocycles. The van der Waals surface area contributed by atoms with E-state index in [0.29, 0.717) is 6.07 Å². The largest absolute Gasteiger partial charge is 0.478 e. The average molecular weight is 674 g/mol. The Bertz CT molecular complexity index is 1590. The topological polar surface area (TPSA) is 448 Å². The Kier molecular flexibility index (Phi) is 12.5. The van der Waals surface area contributed by atoms with Gasteiger partial charge in [0.1, 0.15) is 11.4 Å². The molecule has 3 rings (SSSR count). The molecule has 0 spiro atoms. The second kappa shape index (κ2) is 15.7. The third kappa shape index (κ3) is 9.29. The highest BCUT2D eigenvalue weighted by Gasteiger charge is 2.27. The number of carboxylic acid groups (broad SMARTS) is 6. The molecule has 3 aromatic rings. The van der Waals surface area contributed by atoms with Gasteiger partial charge in [-0.1, -0.05) is 0 Å². The first kappa shape index (κ1) is 38.1. The lowest BCUT2D eigenvalue weighted by molar-refractivity contribution is 0.0646. The number of carboxylic acids is 6. The van der Waals surface area contributed by atoms with Crippen LogP contribution in [0.15, 0.2) is 24.4 Å². The minimum absolute atomic E-state index is 0.301. The van der Waals surface area contributed by atoms with Gasteiger partial charge in [-0.3, -0.25) is 19.2 Å². The zero-order valence-corrected chi connectivity index (χ0v) is 23.2. The molecule has 24 heteroatoms. The molecule has 0 saturated heterocycles. The van der Waals surface area contributed by atoms with E-state index in [1.807, 2.05) is 0 Å². The summed E-state index contributed by atoms with van der Waals surface area (Å²) in [5, 5.41) is 52.0. The van der Waals surface area contributed by atoms with E-state index in [2.05, 4.69) is 19.9 Å². The van der Waals surface area contributed by atoms with Crippen molar-refractivity contribution >= 4 is 59.4 Å². The van der Waals surface area contributed by atoms with Crippen LogP contribution >= 0.6 is 0 Å². The summed E-state index contributed by atoms with van der Waals surface area (Å²) in [5.74, 6) is -14.2. The van der Waals surface area contributed by atoms with Crippen LogP contribution in [0, 0.1) is 0 Å². The van der Waals surface area contributed by atoms with Crippen LogP contribution in [0.1, 0.15) is 104 Å². The monoisotopic (exact) mass is 674 g/mol. The number of carbonyl (C=O) groups excluding carboxylic acids is 4. The van der Waals surface area contributed by atoms with Crippen LogP contribution in [0.5, 0.6) is 0 Å². The normalized spacial score (nSPS) is 9.67. The van der Waals surface area contributed by atoms with E-state index in [-0.39, 0.29) is 5.56 Å². The number of aromatic nitrogens is 4. The number of carbonyl (C=O) groups is 10.